The van der Waals surface area contributed by atoms with Gasteiger partial charge in [-0.1, -0.05) is 0 Å². The molecule has 0 spiro atoms. The Morgan fingerprint density at radius 3 is 2.60 bits per heavy atom. The maximum Gasteiger partial charge on any atom is 0.364 e. The van der Waals surface area contributed by atoms with E-state index in [9.17, 15) is 13.2 Å². The Morgan fingerprint density at radius 2 is 2.20 bits per heavy atom. The van der Waals surface area contributed by atoms with Crippen molar-refractivity contribution in [1.82, 2.24) is 14.5 Å². The second-order valence-electron chi connectivity index (χ2n) is 2.67. The maximum atomic E-state index is 11.3. The molecule has 0 unspecified atom stereocenters. The third-order valence-electron chi connectivity index (χ3n) is 1.58. The van der Waals surface area contributed by atoms with Crippen molar-refractivity contribution >= 4 is 19.9 Å². The summed E-state index contributed by atoms with van der Waals surface area (Å²) in [5.41, 5.74) is -0.525. The predicted molar refractivity (Wildman–Crippen MR) is 55.4 cm³/mol. The van der Waals surface area contributed by atoms with Crippen LogP contribution in [0.3, 0.4) is 0 Å². The summed E-state index contributed by atoms with van der Waals surface area (Å²) in [6.45, 7) is 1.61. The third-order valence-corrected chi connectivity index (χ3v) is 3.62. The second-order valence-corrected chi connectivity index (χ2v) is 6.14. The zero-order valence-electron chi connectivity index (χ0n) is 7.82. The van der Waals surface area contributed by atoms with Crippen LogP contribution < -0.4 is 11.5 Å². The van der Waals surface area contributed by atoms with Crippen LogP contribution in [0.4, 0.5) is 0 Å². The highest BCUT2D eigenvalue weighted by Crippen LogP contribution is 2.08. The average Bonchev–Trinajstić information content (AvgIpc) is 2.32. The van der Waals surface area contributed by atoms with Crippen LogP contribution in [-0.2, 0) is 15.7 Å². The summed E-state index contributed by atoms with van der Waals surface area (Å²) in [5, 5.41) is 3.78. The van der Waals surface area contributed by atoms with Crippen LogP contribution >= 0.6 is 10.8 Å². The summed E-state index contributed by atoms with van der Waals surface area (Å²) in [7, 11) is -3.74. The van der Waals surface area contributed by atoms with Crippen LogP contribution in [0.1, 0.15) is 5.82 Å². The summed E-state index contributed by atoms with van der Waals surface area (Å²) in [5.74, 6) is 5.66. The van der Waals surface area contributed by atoms with Gasteiger partial charge in [0.2, 0.25) is 0 Å². The number of rotatable bonds is 4. The normalized spacial score (nSPS) is 11.9. The van der Waals surface area contributed by atoms with Crippen molar-refractivity contribution in [3.8, 4) is 0 Å². The van der Waals surface area contributed by atoms with E-state index in [1.54, 1.807) is 6.92 Å². The molecule has 0 saturated carbocycles. The van der Waals surface area contributed by atoms with Crippen LogP contribution in [0.15, 0.2) is 4.79 Å². The first-order valence-electron chi connectivity index (χ1n) is 3.84. The van der Waals surface area contributed by atoms with Gasteiger partial charge in [-0.3, -0.25) is 4.55 Å². The lowest BCUT2D eigenvalue weighted by molar-refractivity contribution is 0.502. The Hall–Kier alpha value is -1.00. The smallest absolute Gasteiger partial charge is 0.333 e. The van der Waals surface area contributed by atoms with Crippen molar-refractivity contribution in [3.63, 3.8) is 0 Å². The van der Waals surface area contributed by atoms with Gasteiger partial charge in [-0.15, -0.1) is 0 Å². The predicted octanol–water partition coefficient (Wildman–Crippen LogP) is -1.40. The molecule has 0 aliphatic rings. The Morgan fingerprint density at radius 1 is 1.60 bits per heavy atom. The number of hydrogen-bond donors (Lipinski definition) is 2. The van der Waals surface area contributed by atoms with Crippen LogP contribution in [0.5, 0.6) is 0 Å². The molecule has 0 amide bonds. The van der Waals surface area contributed by atoms with E-state index in [4.69, 9.17) is 10.4 Å². The second kappa shape index (κ2) is 4.24. The fourth-order valence-electron chi connectivity index (χ4n) is 0.903. The average molecular weight is 254 g/mol. The molecule has 3 N–H and O–H groups in total. The topological polar surface area (TPSA) is 120 Å². The molecular formula is C5H10N4O4S2. The number of nitrogens with two attached hydrogens (primary N) is 1. The minimum Gasteiger partial charge on any atom is -0.333 e. The van der Waals surface area contributed by atoms with Crippen LogP contribution in [0.2, 0.25) is 0 Å². The van der Waals surface area contributed by atoms with Gasteiger partial charge in [0, 0.05) is 5.75 Å². The minimum absolute atomic E-state index is 0.0230. The van der Waals surface area contributed by atoms with Gasteiger partial charge in [-0.05, 0) is 17.7 Å². The van der Waals surface area contributed by atoms with Gasteiger partial charge in [-0.2, -0.15) is 18.2 Å². The summed E-state index contributed by atoms with van der Waals surface area (Å²) >= 11 is 0. The molecule has 1 aromatic heterocycles. The Bertz CT molecular complexity index is 502. The van der Waals surface area contributed by atoms with Crippen molar-refractivity contribution in [2.24, 2.45) is 0 Å². The Balaban J connectivity index is 2.67. The molecule has 15 heavy (non-hydrogen) atoms. The number of nitrogen functional groups attached to an aromatic ring is 1. The van der Waals surface area contributed by atoms with E-state index in [0.29, 0.717) is 16.6 Å². The van der Waals surface area contributed by atoms with E-state index in [0.717, 1.165) is 9.36 Å². The van der Waals surface area contributed by atoms with Gasteiger partial charge in [0.15, 0.2) is 0 Å². The molecule has 10 heteroatoms. The van der Waals surface area contributed by atoms with Crippen LogP contribution in [0.25, 0.3) is 0 Å². The first-order valence-corrected chi connectivity index (χ1v) is 6.79. The number of aryl methyl sites for hydroxylation is 2. The van der Waals surface area contributed by atoms with Gasteiger partial charge in [0.1, 0.15) is 5.82 Å². The summed E-state index contributed by atoms with van der Waals surface area (Å²) in [4.78, 5) is 11.3. The monoisotopic (exact) mass is 254 g/mol. The van der Waals surface area contributed by atoms with Crippen LogP contribution in [0, 0.1) is 6.92 Å². The van der Waals surface area contributed by atoms with E-state index in [1.165, 1.54) is 0 Å². The molecule has 0 aliphatic carbocycles. The van der Waals surface area contributed by atoms with Gasteiger partial charge in [0.05, 0.1) is 6.54 Å². The van der Waals surface area contributed by atoms with Crippen molar-refractivity contribution in [3.05, 3.63) is 16.3 Å². The molecule has 0 saturated heterocycles. The SMILES string of the molecule is Cc1nn(CCSS(=O)(=O)O)c(=O)n1N. The van der Waals surface area contributed by atoms with Crippen molar-refractivity contribution in [1.29, 1.82) is 0 Å². The van der Waals surface area contributed by atoms with Crippen LogP contribution in [-0.4, -0.2) is 33.2 Å². The molecule has 0 fully saturated rings. The lowest BCUT2D eigenvalue weighted by atomic mass is 10.7. The van der Waals surface area contributed by atoms with Gasteiger partial charge in [-0.25, -0.2) is 9.48 Å². The minimum atomic E-state index is -4.07. The highest BCUT2D eigenvalue weighted by molar-refractivity contribution is 8.69. The van der Waals surface area contributed by atoms with E-state index < -0.39 is 14.8 Å². The molecule has 86 valence electrons. The van der Waals surface area contributed by atoms with E-state index in [-0.39, 0.29) is 12.3 Å². The Labute approximate surface area is 89.2 Å². The first-order chi connectivity index (χ1) is 6.81. The van der Waals surface area contributed by atoms with E-state index in [2.05, 4.69) is 5.10 Å². The van der Waals surface area contributed by atoms with E-state index >= 15 is 0 Å². The molecule has 1 aromatic rings. The highest BCUT2D eigenvalue weighted by Gasteiger charge is 2.09. The fourth-order valence-corrected chi connectivity index (χ4v) is 2.22. The van der Waals surface area contributed by atoms with E-state index in [1.807, 2.05) is 0 Å². The highest BCUT2D eigenvalue weighted by atomic mass is 33.1. The van der Waals surface area contributed by atoms with Crippen molar-refractivity contribution in [2.45, 2.75) is 13.5 Å². The Kier molecular flexibility index (Phi) is 3.42. The van der Waals surface area contributed by atoms with Gasteiger partial charge < -0.3 is 5.84 Å². The molecule has 0 aliphatic heterocycles. The molecule has 0 bridgehead atoms. The molecule has 0 radical (unpaired) electrons. The quantitative estimate of drug-likeness (QED) is 0.385. The van der Waals surface area contributed by atoms with Crippen molar-refractivity contribution < 1.29 is 13.0 Å². The third kappa shape index (κ3) is 3.25. The summed E-state index contributed by atoms with van der Waals surface area (Å²) in [6.07, 6.45) is 0. The fraction of sp³-hybridized carbons (Fsp3) is 0.600. The number of nitrogens with zero attached hydrogens (tertiary/aromatic N) is 3. The zero-order chi connectivity index (χ0) is 11.6. The number of hydrogen-bond acceptors (Lipinski definition) is 6. The molecular weight excluding hydrogens is 244 g/mol. The lowest BCUT2D eigenvalue weighted by Crippen LogP contribution is -2.30. The van der Waals surface area contributed by atoms with Gasteiger partial charge in [0.25, 0.3) is 0 Å². The first kappa shape index (κ1) is 12.1. The maximum absolute atomic E-state index is 11.3. The number of aromatic nitrogens is 3. The molecule has 0 atom stereocenters. The molecule has 0 aromatic carbocycles. The zero-order valence-corrected chi connectivity index (χ0v) is 9.45. The molecule has 1 heterocycles. The largest absolute Gasteiger partial charge is 0.364 e. The van der Waals surface area contributed by atoms with Gasteiger partial charge >= 0.3 is 14.8 Å². The summed E-state index contributed by atoms with van der Waals surface area (Å²) < 4.78 is 31.0. The standard InChI is InChI=1S/C5H10N4O4S2/c1-4-7-8(5(10)9(4)6)2-3-14-15(11,12)13/h2-3,6H2,1H3,(H,11,12,13). The summed E-state index contributed by atoms with van der Waals surface area (Å²) in [6, 6.07) is 0. The molecule has 8 nitrogen and oxygen atoms in total. The van der Waals surface area contributed by atoms with Crippen molar-refractivity contribution in [2.75, 3.05) is 11.6 Å². The lowest BCUT2D eigenvalue weighted by Gasteiger charge is -1.96. The molecule has 1 rings (SSSR count).